The number of nitrogens with zero attached hydrogens (tertiary/aromatic N) is 1. The van der Waals surface area contributed by atoms with Crippen molar-refractivity contribution in [1.82, 2.24) is 0 Å². The first-order chi connectivity index (χ1) is 8.80. The molecule has 18 heavy (non-hydrogen) atoms. The highest BCUT2D eigenvalue weighted by atomic mass is 16.5. The Labute approximate surface area is 108 Å². The molecule has 0 bridgehead atoms. The molecule has 0 aliphatic carbocycles. The molecule has 0 radical (unpaired) electrons. The van der Waals surface area contributed by atoms with Crippen molar-refractivity contribution in [2.45, 2.75) is 25.9 Å². The van der Waals surface area contributed by atoms with E-state index in [9.17, 15) is 0 Å². The van der Waals surface area contributed by atoms with Crippen molar-refractivity contribution in [3.8, 4) is 11.8 Å². The van der Waals surface area contributed by atoms with Crippen LogP contribution in [0.1, 0.15) is 25.3 Å². The van der Waals surface area contributed by atoms with Crippen LogP contribution in [0.25, 0.3) is 0 Å². The summed E-state index contributed by atoms with van der Waals surface area (Å²) in [6.45, 7) is 3.72. The van der Waals surface area contributed by atoms with Gasteiger partial charge in [0.2, 0.25) is 0 Å². The maximum atomic E-state index is 8.68. The molecular formula is C14H20N2O2. The lowest BCUT2D eigenvalue weighted by molar-refractivity contribution is 0.0246. The molecule has 0 spiro atoms. The molecule has 1 unspecified atom stereocenters. The van der Waals surface area contributed by atoms with E-state index in [-0.39, 0.29) is 6.10 Å². The second-order valence-electron chi connectivity index (χ2n) is 4.03. The van der Waals surface area contributed by atoms with Crippen LogP contribution in [0.15, 0.2) is 24.3 Å². The Morgan fingerprint density at radius 1 is 1.33 bits per heavy atom. The first-order valence-corrected chi connectivity index (χ1v) is 6.24. The molecule has 0 fully saturated rings. The van der Waals surface area contributed by atoms with E-state index < -0.39 is 0 Å². The van der Waals surface area contributed by atoms with Crippen molar-refractivity contribution in [2.75, 3.05) is 19.8 Å². The summed E-state index contributed by atoms with van der Waals surface area (Å²) >= 11 is 0. The van der Waals surface area contributed by atoms with Crippen LogP contribution < -0.4 is 10.5 Å². The van der Waals surface area contributed by atoms with Crippen molar-refractivity contribution < 1.29 is 9.47 Å². The lowest BCUT2D eigenvalue weighted by Gasteiger charge is -2.16. The molecule has 0 aromatic heterocycles. The SMILES string of the molecule is CCCCOC(CN)COc1ccc(C#N)cc1. The zero-order valence-electron chi connectivity index (χ0n) is 10.8. The maximum Gasteiger partial charge on any atom is 0.119 e. The smallest absolute Gasteiger partial charge is 0.119 e. The molecule has 0 amide bonds. The molecule has 98 valence electrons. The first kappa shape index (κ1) is 14.5. The Bertz CT molecular complexity index is 370. The molecule has 0 aliphatic heterocycles. The maximum absolute atomic E-state index is 8.68. The van der Waals surface area contributed by atoms with Crippen LogP contribution >= 0.6 is 0 Å². The van der Waals surface area contributed by atoms with Gasteiger partial charge in [-0.2, -0.15) is 5.26 Å². The van der Waals surface area contributed by atoms with E-state index in [0.717, 1.165) is 25.2 Å². The minimum atomic E-state index is -0.0767. The number of ether oxygens (including phenoxy) is 2. The summed E-state index contributed by atoms with van der Waals surface area (Å²) < 4.78 is 11.2. The number of rotatable bonds is 8. The average Bonchev–Trinajstić information content (AvgIpc) is 2.43. The van der Waals surface area contributed by atoms with Gasteiger partial charge >= 0.3 is 0 Å². The minimum Gasteiger partial charge on any atom is -0.491 e. The van der Waals surface area contributed by atoms with Crippen LogP contribution in [0.4, 0.5) is 0 Å². The molecule has 1 aromatic rings. The van der Waals surface area contributed by atoms with Gasteiger partial charge in [0, 0.05) is 13.2 Å². The van der Waals surface area contributed by atoms with Crippen LogP contribution in [0.3, 0.4) is 0 Å². The highest BCUT2D eigenvalue weighted by molar-refractivity contribution is 5.34. The quantitative estimate of drug-likeness (QED) is 0.715. The largest absolute Gasteiger partial charge is 0.491 e. The number of hydrogen-bond donors (Lipinski definition) is 1. The topological polar surface area (TPSA) is 68.3 Å². The number of nitriles is 1. The fraction of sp³-hybridized carbons (Fsp3) is 0.500. The summed E-state index contributed by atoms with van der Waals surface area (Å²) in [6, 6.07) is 9.07. The molecular weight excluding hydrogens is 228 g/mol. The number of benzene rings is 1. The predicted molar refractivity (Wildman–Crippen MR) is 70.4 cm³/mol. The predicted octanol–water partition coefficient (Wildman–Crippen LogP) is 2.08. The number of unbranched alkanes of at least 4 members (excludes halogenated alkanes) is 1. The molecule has 4 nitrogen and oxygen atoms in total. The van der Waals surface area contributed by atoms with Crippen LogP contribution in [0.5, 0.6) is 5.75 Å². The van der Waals surface area contributed by atoms with E-state index in [2.05, 4.69) is 13.0 Å². The van der Waals surface area contributed by atoms with Gasteiger partial charge in [-0.15, -0.1) is 0 Å². The second kappa shape index (κ2) is 8.51. The van der Waals surface area contributed by atoms with Gasteiger partial charge in [0.15, 0.2) is 0 Å². The van der Waals surface area contributed by atoms with Crippen molar-refractivity contribution in [3.63, 3.8) is 0 Å². The summed E-state index contributed by atoms with van der Waals surface area (Å²) in [6.07, 6.45) is 2.06. The Morgan fingerprint density at radius 2 is 2.06 bits per heavy atom. The van der Waals surface area contributed by atoms with Gasteiger partial charge in [-0.3, -0.25) is 0 Å². The lowest BCUT2D eigenvalue weighted by atomic mass is 10.2. The van der Waals surface area contributed by atoms with Gasteiger partial charge in [-0.25, -0.2) is 0 Å². The van der Waals surface area contributed by atoms with Crippen LogP contribution in [0.2, 0.25) is 0 Å². The second-order valence-corrected chi connectivity index (χ2v) is 4.03. The molecule has 0 heterocycles. The van der Waals surface area contributed by atoms with Gasteiger partial charge in [-0.05, 0) is 30.7 Å². The molecule has 4 heteroatoms. The Morgan fingerprint density at radius 3 is 2.61 bits per heavy atom. The fourth-order valence-electron chi connectivity index (χ4n) is 1.39. The van der Waals surface area contributed by atoms with Crippen LogP contribution in [-0.4, -0.2) is 25.9 Å². The normalized spacial score (nSPS) is 11.8. The molecule has 1 atom stereocenters. The van der Waals surface area contributed by atoms with E-state index in [1.54, 1.807) is 24.3 Å². The molecule has 0 saturated carbocycles. The van der Waals surface area contributed by atoms with Crippen molar-refractivity contribution >= 4 is 0 Å². The fourth-order valence-corrected chi connectivity index (χ4v) is 1.39. The van der Waals surface area contributed by atoms with E-state index in [1.165, 1.54) is 0 Å². The lowest BCUT2D eigenvalue weighted by Crippen LogP contribution is -2.30. The standard InChI is InChI=1S/C14H20N2O2/c1-2-3-8-17-14(10-16)11-18-13-6-4-12(9-15)5-7-13/h4-7,14H,2-3,8,10-11,16H2,1H3. The zero-order valence-corrected chi connectivity index (χ0v) is 10.8. The minimum absolute atomic E-state index is 0.0767. The average molecular weight is 248 g/mol. The third kappa shape index (κ3) is 5.17. The molecule has 0 saturated heterocycles. The first-order valence-electron chi connectivity index (χ1n) is 6.24. The molecule has 2 N–H and O–H groups in total. The highest BCUT2D eigenvalue weighted by Crippen LogP contribution is 2.12. The third-order valence-corrected chi connectivity index (χ3v) is 2.53. The third-order valence-electron chi connectivity index (χ3n) is 2.53. The van der Waals surface area contributed by atoms with Crippen molar-refractivity contribution in [1.29, 1.82) is 5.26 Å². The number of hydrogen-bond acceptors (Lipinski definition) is 4. The van der Waals surface area contributed by atoms with Gasteiger partial charge in [-0.1, -0.05) is 13.3 Å². The summed E-state index contributed by atoms with van der Waals surface area (Å²) in [7, 11) is 0. The summed E-state index contributed by atoms with van der Waals surface area (Å²) in [4.78, 5) is 0. The van der Waals surface area contributed by atoms with E-state index >= 15 is 0 Å². The summed E-state index contributed by atoms with van der Waals surface area (Å²) in [5.41, 5.74) is 6.24. The van der Waals surface area contributed by atoms with Crippen molar-refractivity contribution in [3.05, 3.63) is 29.8 Å². The molecule has 0 aliphatic rings. The van der Waals surface area contributed by atoms with Crippen LogP contribution in [-0.2, 0) is 4.74 Å². The highest BCUT2D eigenvalue weighted by Gasteiger charge is 2.07. The monoisotopic (exact) mass is 248 g/mol. The summed E-state index contributed by atoms with van der Waals surface area (Å²) in [5.74, 6) is 0.728. The Kier molecular flexibility index (Phi) is 6.85. The van der Waals surface area contributed by atoms with Gasteiger partial charge < -0.3 is 15.2 Å². The Balaban J connectivity index is 2.34. The van der Waals surface area contributed by atoms with E-state index in [0.29, 0.717) is 18.7 Å². The Hall–Kier alpha value is -1.57. The van der Waals surface area contributed by atoms with Crippen LogP contribution in [0, 0.1) is 11.3 Å². The summed E-state index contributed by atoms with van der Waals surface area (Å²) in [5, 5.41) is 8.68. The van der Waals surface area contributed by atoms with Gasteiger partial charge in [0.25, 0.3) is 0 Å². The van der Waals surface area contributed by atoms with Gasteiger partial charge in [0.1, 0.15) is 18.5 Å². The molecule has 1 aromatic carbocycles. The zero-order chi connectivity index (χ0) is 13.2. The van der Waals surface area contributed by atoms with Gasteiger partial charge in [0.05, 0.1) is 11.6 Å². The van der Waals surface area contributed by atoms with E-state index in [1.807, 2.05) is 0 Å². The van der Waals surface area contributed by atoms with Crippen molar-refractivity contribution in [2.24, 2.45) is 5.73 Å². The van der Waals surface area contributed by atoms with E-state index in [4.69, 9.17) is 20.5 Å². The molecule has 1 rings (SSSR count). The number of nitrogens with two attached hydrogens (primary N) is 1.